The molecule has 0 aliphatic rings. The van der Waals surface area contributed by atoms with Crippen LogP contribution in [-0.2, 0) is 0 Å². The summed E-state index contributed by atoms with van der Waals surface area (Å²) in [5, 5.41) is 6.52. The highest BCUT2D eigenvalue weighted by Crippen LogP contribution is 2.22. The van der Waals surface area contributed by atoms with Crippen LogP contribution in [0, 0.1) is 0 Å². The second-order valence-corrected chi connectivity index (χ2v) is 5.98. The molecule has 0 aromatic heterocycles. The van der Waals surface area contributed by atoms with Crippen molar-refractivity contribution in [3.63, 3.8) is 0 Å². The Hall–Kier alpha value is -2.03. The molecule has 0 spiro atoms. The van der Waals surface area contributed by atoms with Gasteiger partial charge in [0.25, 0.3) is 0 Å². The van der Waals surface area contributed by atoms with Gasteiger partial charge in [0.1, 0.15) is 5.75 Å². The minimum atomic E-state index is 0.257. The first kappa shape index (κ1) is 15.9. The first-order valence-electron chi connectivity index (χ1n) is 7.80. The molecule has 1 unspecified atom stereocenters. The Bertz CT molecular complexity index is 770. The van der Waals surface area contributed by atoms with Gasteiger partial charge in [-0.15, -0.1) is 0 Å². The van der Waals surface area contributed by atoms with E-state index in [2.05, 4.69) is 41.7 Å². The van der Waals surface area contributed by atoms with Crippen molar-refractivity contribution in [1.82, 2.24) is 5.32 Å². The Morgan fingerprint density at radius 1 is 0.957 bits per heavy atom. The average Bonchev–Trinajstić information content (AvgIpc) is 2.60. The molecule has 0 saturated heterocycles. The van der Waals surface area contributed by atoms with Gasteiger partial charge in [0.05, 0.1) is 6.61 Å². The second kappa shape index (κ2) is 7.49. The van der Waals surface area contributed by atoms with Crippen molar-refractivity contribution in [2.45, 2.75) is 12.5 Å². The number of fused-ring (bicyclic) bond motifs is 1. The molecular weight excluding hydrogens is 306 g/mol. The molecule has 3 heteroatoms. The van der Waals surface area contributed by atoms with E-state index in [1.54, 1.807) is 0 Å². The maximum atomic E-state index is 5.95. The van der Waals surface area contributed by atoms with E-state index in [9.17, 15) is 0 Å². The van der Waals surface area contributed by atoms with E-state index in [1.165, 1.54) is 16.3 Å². The van der Waals surface area contributed by atoms with E-state index in [-0.39, 0.29) is 6.04 Å². The lowest BCUT2D eigenvalue weighted by molar-refractivity contribution is 0.290. The quantitative estimate of drug-likeness (QED) is 0.670. The van der Waals surface area contributed by atoms with Gasteiger partial charge >= 0.3 is 0 Å². The minimum Gasteiger partial charge on any atom is -0.494 e. The molecule has 3 aromatic carbocycles. The molecule has 0 fully saturated rings. The third-order valence-electron chi connectivity index (χ3n) is 4.02. The van der Waals surface area contributed by atoms with Crippen LogP contribution in [0.1, 0.15) is 18.0 Å². The Morgan fingerprint density at radius 3 is 2.43 bits per heavy atom. The van der Waals surface area contributed by atoms with E-state index < -0.39 is 0 Å². The van der Waals surface area contributed by atoms with Crippen molar-refractivity contribution in [3.8, 4) is 5.75 Å². The SMILES string of the molecule is CNC(CCOc1ccc2ccccc2c1)c1ccc(Cl)cc1. The Kier molecular flexibility index (Phi) is 5.16. The predicted octanol–water partition coefficient (Wildman–Crippen LogP) is 5.22. The van der Waals surface area contributed by atoms with Crippen molar-refractivity contribution in [1.29, 1.82) is 0 Å². The maximum Gasteiger partial charge on any atom is 0.119 e. The summed E-state index contributed by atoms with van der Waals surface area (Å²) in [6.45, 7) is 0.659. The third-order valence-corrected chi connectivity index (χ3v) is 4.27. The molecule has 0 bridgehead atoms. The van der Waals surface area contributed by atoms with Crippen LogP contribution in [0.2, 0.25) is 5.02 Å². The van der Waals surface area contributed by atoms with E-state index in [1.807, 2.05) is 37.4 Å². The lowest BCUT2D eigenvalue weighted by atomic mass is 10.0. The molecule has 0 heterocycles. The van der Waals surface area contributed by atoms with Crippen molar-refractivity contribution < 1.29 is 4.74 Å². The maximum absolute atomic E-state index is 5.95. The normalized spacial score (nSPS) is 12.3. The van der Waals surface area contributed by atoms with Crippen LogP contribution >= 0.6 is 11.6 Å². The highest BCUT2D eigenvalue weighted by Gasteiger charge is 2.09. The molecule has 3 aromatic rings. The lowest BCUT2D eigenvalue weighted by Crippen LogP contribution is -2.19. The molecule has 3 rings (SSSR count). The van der Waals surface area contributed by atoms with Gasteiger partial charge in [-0.1, -0.05) is 54.1 Å². The number of benzene rings is 3. The number of hydrogen-bond acceptors (Lipinski definition) is 2. The van der Waals surface area contributed by atoms with Crippen LogP contribution in [0.15, 0.2) is 66.7 Å². The summed E-state index contributed by atoms with van der Waals surface area (Å²) in [7, 11) is 1.97. The smallest absolute Gasteiger partial charge is 0.119 e. The standard InChI is InChI=1S/C20H20ClNO/c1-22-20(16-6-9-18(21)10-7-16)12-13-23-19-11-8-15-4-2-3-5-17(15)14-19/h2-11,14,20,22H,12-13H2,1H3. The molecule has 0 saturated carbocycles. The number of rotatable bonds is 6. The monoisotopic (exact) mass is 325 g/mol. The molecular formula is C20H20ClNO. The van der Waals surface area contributed by atoms with Crippen LogP contribution in [0.25, 0.3) is 10.8 Å². The first-order valence-corrected chi connectivity index (χ1v) is 8.18. The second-order valence-electron chi connectivity index (χ2n) is 5.54. The summed E-state index contributed by atoms with van der Waals surface area (Å²) in [6, 6.07) is 22.7. The molecule has 1 atom stereocenters. The van der Waals surface area contributed by atoms with Crippen LogP contribution in [0.4, 0.5) is 0 Å². The van der Waals surface area contributed by atoms with Gasteiger partial charge in [-0.05, 0) is 47.6 Å². The number of halogens is 1. The number of nitrogens with one attached hydrogen (secondary N) is 1. The Balaban J connectivity index is 1.61. The Labute approximate surface area is 142 Å². The minimum absolute atomic E-state index is 0.257. The van der Waals surface area contributed by atoms with Gasteiger partial charge in [0, 0.05) is 17.5 Å². The largest absolute Gasteiger partial charge is 0.494 e. The summed E-state index contributed by atoms with van der Waals surface area (Å²) in [5.74, 6) is 0.912. The van der Waals surface area contributed by atoms with E-state index in [0.717, 1.165) is 17.2 Å². The van der Waals surface area contributed by atoms with Gasteiger partial charge in [-0.2, -0.15) is 0 Å². The molecule has 0 aliphatic carbocycles. The van der Waals surface area contributed by atoms with E-state index >= 15 is 0 Å². The zero-order chi connectivity index (χ0) is 16.1. The topological polar surface area (TPSA) is 21.3 Å². The highest BCUT2D eigenvalue weighted by molar-refractivity contribution is 6.30. The molecule has 0 aliphatic heterocycles. The van der Waals surface area contributed by atoms with Crippen molar-refractivity contribution in [3.05, 3.63) is 77.3 Å². The van der Waals surface area contributed by atoms with E-state index in [0.29, 0.717) is 6.61 Å². The van der Waals surface area contributed by atoms with Crippen LogP contribution in [0.5, 0.6) is 5.75 Å². The molecule has 1 N–H and O–H groups in total. The van der Waals surface area contributed by atoms with Gasteiger partial charge in [-0.3, -0.25) is 0 Å². The zero-order valence-corrected chi connectivity index (χ0v) is 13.9. The molecule has 0 radical (unpaired) electrons. The van der Waals surface area contributed by atoms with Crippen molar-refractivity contribution in [2.24, 2.45) is 0 Å². The number of ether oxygens (including phenoxy) is 1. The average molecular weight is 326 g/mol. The fourth-order valence-electron chi connectivity index (χ4n) is 2.72. The highest BCUT2D eigenvalue weighted by atomic mass is 35.5. The summed E-state index contributed by atoms with van der Waals surface area (Å²) in [4.78, 5) is 0. The van der Waals surface area contributed by atoms with Crippen LogP contribution in [0.3, 0.4) is 0 Å². The summed E-state index contributed by atoms with van der Waals surface area (Å²) in [6.07, 6.45) is 0.894. The molecule has 0 amide bonds. The number of hydrogen-bond donors (Lipinski definition) is 1. The van der Waals surface area contributed by atoms with Gasteiger partial charge in [-0.25, -0.2) is 0 Å². The summed E-state index contributed by atoms with van der Waals surface area (Å²) < 4.78 is 5.93. The van der Waals surface area contributed by atoms with Crippen molar-refractivity contribution >= 4 is 22.4 Å². The van der Waals surface area contributed by atoms with Gasteiger partial charge in [0.2, 0.25) is 0 Å². The summed E-state index contributed by atoms with van der Waals surface area (Å²) >= 11 is 5.95. The summed E-state index contributed by atoms with van der Waals surface area (Å²) in [5.41, 5.74) is 1.22. The fourth-order valence-corrected chi connectivity index (χ4v) is 2.85. The molecule has 2 nitrogen and oxygen atoms in total. The van der Waals surface area contributed by atoms with Crippen molar-refractivity contribution in [2.75, 3.05) is 13.7 Å². The van der Waals surface area contributed by atoms with Crippen LogP contribution < -0.4 is 10.1 Å². The first-order chi connectivity index (χ1) is 11.3. The van der Waals surface area contributed by atoms with Gasteiger partial charge in [0.15, 0.2) is 0 Å². The van der Waals surface area contributed by atoms with Crippen LogP contribution in [-0.4, -0.2) is 13.7 Å². The zero-order valence-electron chi connectivity index (χ0n) is 13.1. The van der Waals surface area contributed by atoms with E-state index in [4.69, 9.17) is 16.3 Å². The predicted molar refractivity (Wildman–Crippen MR) is 97.3 cm³/mol. The third kappa shape index (κ3) is 4.04. The lowest BCUT2D eigenvalue weighted by Gasteiger charge is -2.17. The fraction of sp³-hybridized carbons (Fsp3) is 0.200. The molecule has 118 valence electrons. The Morgan fingerprint density at radius 2 is 1.70 bits per heavy atom. The van der Waals surface area contributed by atoms with Gasteiger partial charge < -0.3 is 10.1 Å². The molecule has 23 heavy (non-hydrogen) atoms.